The summed E-state index contributed by atoms with van der Waals surface area (Å²) in [7, 11) is 0. The van der Waals surface area contributed by atoms with E-state index in [1.807, 2.05) is 50.2 Å². The minimum absolute atomic E-state index is 0.0176. The Morgan fingerprint density at radius 3 is 2.63 bits per heavy atom. The van der Waals surface area contributed by atoms with Gasteiger partial charge >= 0.3 is 0 Å². The zero-order valence-electron chi connectivity index (χ0n) is 16.3. The summed E-state index contributed by atoms with van der Waals surface area (Å²) in [6.45, 7) is 6.20. The van der Waals surface area contributed by atoms with Crippen molar-refractivity contribution < 1.29 is 9.53 Å². The lowest BCUT2D eigenvalue weighted by Crippen LogP contribution is -2.28. The molecule has 1 heterocycles. The zero-order valence-corrected chi connectivity index (χ0v) is 16.3. The van der Waals surface area contributed by atoms with E-state index in [2.05, 4.69) is 22.8 Å². The molecule has 1 aliphatic heterocycles. The van der Waals surface area contributed by atoms with Crippen LogP contribution >= 0.6 is 0 Å². The minimum atomic E-state index is -0.0176. The molecule has 0 bridgehead atoms. The van der Waals surface area contributed by atoms with E-state index in [1.54, 1.807) is 0 Å². The maximum atomic E-state index is 12.3. The number of carbonyl (C=O) groups is 1. The Kier molecular flexibility index (Phi) is 6.88. The molecular formula is C23H30N2O2. The van der Waals surface area contributed by atoms with E-state index >= 15 is 0 Å². The molecule has 3 rings (SSSR count). The largest absolute Gasteiger partial charge is 0.486 e. The molecule has 0 radical (unpaired) electrons. The van der Waals surface area contributed by atoms with Crippen LogP contribution < -0.4 is 15.4 Å². The molecule has 0 aliphatic carbocycles. The van der Waals surface area contributed by atoms with Gasteiger partial charge in [-0.3, -0.25) is 4.79 Å². The van der Waals surface area contributed by atoms with Gasteiger partial charge in [-0.05, 0) is 81.4 Å². The van der Waals surface area contributed by atoms with Crippen LogP contribution in [0, 0.1) is 12.8 Å². The number of ether oxygens (including phenoxy) is 1. The van der Waals surface area contributed by atoms with Gasteiger partial charge in [0.2, 0.25) is 5.91 Å². The van der Waals surface area contributed by atoms with Crippen LogP contribution in [0.5, 0.6) is 5.75 Å². The van der Waals surface area contributed by atoms with E-state index in [1.165, 1.54) is 12.8 Å². The molecule has 0 spiro atoms. The number of benzene rings is 2. The van der Waals surface area contributed by atoms with Crippen molar-refractivity contribution in [1.29, 1.82) is 0 Å². The number of hydrogen-bond donors (Lipinski definition) is 2. The van der Waals surface area contributed by atoms with Gasteiger partial charge in [0.25, 0.3) is 0 Å². The van der Waals surface area contributed by atoms with Crippen LogP contribution in [0.25, 0.3) is 0 Å². The predicted octanol–water partition coefficient (Wildman–Crippen LogP) is 4.85. The molecule has 144 valence electrons. The van der Waals surface area contributed by atoms with E-state index in [4.69, 9.17) is 4.74 Å². The van der Waals surface area contributed by atoms with Crippen molar-refractivity contribution in [2.45, 2.75) is 45.6 Å². The number of hydrogen-bond acceptors (Lipinski definition) is 3. The van der Waals surface area contributed by atoms with Gasteiger partial charge in [0.05, 0.1) is 0 Å². The van der Waals surface area contributed by atoms with E-state index in [-0.39, 0.29) is 12.0 Å². The number of carbonyl (C=O) groups excluding carboxylic acids is 1. The third kappa shape index (κ3) is 5.83. The van der Waals surface area contributed by atoms with E-state index in [9.17, 15) is 4.79 Å². The van der Waals surface area contributed by atoms with Gasteiger partial charge in [0.1, 0.15) is 11.9 Å². The van der Waals surface area contributed by atoms with Crippen LogP contribution in [0.3, 0.4) is 0 Å². The van der Waals surface area contributed by atoms with Crippen molar-refractivity contribution in [2.24, 2.45) is 5.92 Å². The Bertz CT molecular complexity index is 739. The molecule has 0 aromatic heterocycles. The maximum Gasteiger partial charge on any atom is 0.224 e. The summed E-state index contributed by atoms with van der Waals surface area (Å²) in [4.78, 5) is 12.3. The molecule has 1 unspecified atom stereocenters. The fraction of sp³-hybridized carbons (Fsp3) is 0.435. The van der Waals surface area contributed by atoms with Crippen molar-refractivity contribution in [3.63, 3.8) is 0 Å². The van der Waals surface area contributed by atoms with Crippen LogP contribution in [-0.4, -0.2) is 19.0 Å². The van der Waals surface area contributed by atoms with Gasteiger partial charge in [-0.15, -0.1) is 0 Å². The third-order valence-electron chi connectivity index (χ3n) is 5.29. The topological polar surface area (TPSA) is 50.4 Å². The number of piperidine rings is 1. The highest BCUT2D eigenvalue weighted by atomic mass is 16.5. The van der Waals surface area contributed by atoms with E-state index < -0.39 is 0 Å². The van der Waals surface area contributed by atoms with E-state index in [0.29, 0.717) is 12.3 Å². The summed E-state index contributed by atoms with van der Waals surface area (Å²) in [6.07, 6.45) is 3.90. The summed E-state index contributed by atoms with van der Waals surface area (Å²) in [5.74, 6) is 1.59. The quantitative estimate of drug-likeness (QED) is 0.736. The Labute approximate surface area is 162 Å². The fourth-order valence-corrected chi connectivity index (χ4v) is 3.56. The van der Waals surface area contributed by atoms with Crippen molar-refractivity contribution in [3.05, 3.63) is 59.7 Å². The molecule has 4 heteroatoms. The summed E-state index contributed by atoms with van der Waals surface area (Å²) in [6, 6.07) is 16.0. The Morgan fingerprint density at radius 2 is 1.93 bits per heavy atom. The monoisotopic (exact) mass is 366 g/mol. The smallest absolute Gasteiger partial charge is 0.224 e. The van der Waals surface area contributed by atoms with Crippen molar-refractivity contribution >= 4 is 11.6 Å². The molecule has 27 heavy (non-hydrogen) atoms. The lowest BCUT2D eigenvalue weighted by molar-refractivity contribution is -0.116. The number of nitrogens with one attached hydrogen (secondary N) is 2. The minimum Gasteiger partial charge on any atom is -0.486 e. The van der Waals surface area contributed by atoms with Crippen LogP contribution in [-0.2, 0) is 4.79 Å². The summed E-state index contributed by atoms with van der Waals surface area (Å²) in [5.41, 5.74) is 3.03. The third-order valence-corrected chi connectivity index (χ3v) is 5.29. The van der Waals surface area contributed by atoms with Crippen molar-refractivity contribution in [3.8, 4) is 5.75 Å². The SMILES string of the molecule is Cc1cc(OC(C)c2ccccc2)ccc1NC(=O)CCC1CCNCC1. The first-order valence-electron chi connectivity index (χ1n) is 9.94. The maximum absolute atomic E-state index is 12.3. The molecule has 0 saturated carbocycles. The molecule has 2 aromatic carbocycles. The second-order valence-corrected chi connectivity index (χ2v) is 7.43. The Hall–Kier alpha value is -2.33. The highest BCUT2D eigenvalue weighted by Gasteiger charge is 2.15. The lowest BCUT2D eigenvalue weighted by atomic mass is 9.93. The average Bonchev–Trinajstić information content (AvgIpc) is 2.70. The van der Waals surface area contributed by atoms with Gasteiger partial charge in [0, 0.05) is 12.1 Å². The predicted molar refractivity (Wildman–Crippen MR) is 110 cm³/mol. The number of amides is 1. The molecule has 4 nitrogen and oxygen atoms in total. The van der Waals surface area contributed by atoms with Gasteiger partial charge in [-0.2, -0.15) is 0 Å². The molecule has 1 amide bonds. The first-order valence-corrected chi connectivity index (χ1v) is 9.94. The number of anilines is 1. The lowest BCUT2D eigenvalue weighted by Gasteiger charge is -2.22. The second-order valence-electron chi connectivity index (χ2n) is 7.43. The Balaban J connectivity index is 1.52. The summed E-state index contributed by atoms with van der Waals surface area (Å²) < 4.78 is 6.05. The van der Waals surface area contributed by atoms with Gasteiger partial charge < -0.3 is 15.4 Å². The normalized spacial score (nSPS) is 15.9. The summed E-state index contributed by atoms with van der Waals surface area (Å²) >= 11 is 0. The molecular weight excluding hydrogens is 336 g/mol. The second kappa shape index (κ2) is 9.56. The number of aryl methyl sites for hydroxylation is 1. The molecule has 2 aromatic rings. The van der Waals surface area contributed by atoms with Crippen LogP contribution in [0.15, 0.2) is 48.5 Å². The first kappa shape index (κ1) is 19.4. The van der Waals surface area contributed by atoms with Gasteiger partial charge in [-0.1, -0.05) is 30.3 Å². The molecule has 2 N–H and O–H groups in total. The van der Waals surface area contributed by atoms with Crippen LogP contribution in [0.2, 0.25) is 0 Å². The number of rotatable bonds is 7. The zero-order chi connectivity index (χ0) is 19.1. The van der Waals surface area contributed by atoms with Crippen LogP contribution in [0.4, 0.5) is 5.69 Å². The molecule has 1 saturated heterocycles. The van der Waals surface area contributed by atoms with Crippen LogP contribution in [0.1, 0.15) is 49.8 Å². The molecule has 1 fully saturated rings. The van der Waals surface area contributed by atoms with Crippen molar-refractivity contribution in [1.82, 2.24) is 5.32 Å². The highest BCUT2D eigenvalue weighted by molar-refractivity contribution is 5.91. The highest BCUT2D eigenvalue weighted by Crippen LogP contribution is 2.26. The Morgan fingerprint density at radius 1 is 1.19 bits per heavy atom. The average molecular weight is 367 g/mol. The molecule has 1 aliphatic rings. The standard InChI is InChI=1S/C23H30N2O2/c1-17-16-21(27-18(2)20-6-4-3-5-7-20)9-10-22(17)25-23(26)11-8-19-12-14-24-15-13-19/h3-7,9-10,16,18-19,24H,8,11-15H2,1-2H3,(H,25,26). The molecule has 1 atom stereocenters. The summed E-state index contributed by atoms with van der Waals surface area (Å²) in [5, 5.41) is 6.42. The fourth-order valence-electron chi connectivity index (χ4n) is 3.56. The van der Waals surface area contributed by atoms with Gasteiger partial charge in [-0.25, -0.2) is 0 Å². The van der Waals surface area contributed by atoms with Crippen molar-refractivity contribution in [2.75, 3.05) is 18.4 Å². The van der Waals surface area contributed by atoms with E-state index in [0.717, 1.165) is 42.1 Å². The van der Waals surface area contributed by atoms with Gasteiger partial charge in [0.15, 0.2) is 0 Å². The first-order chi connectivity index (χ1) is 13.1.